The predicted molar refractivity (Wildman–Crippen MR) is 95.2 cm³/mol. The summed E-state index contributed by atoms with van der Waals surface area (Å²) in [6.07, 6.45) is 2.58. The largest absolute Gasteiger partial charge is 0.347 e. The van der Waals surface area contributed by atoms with Gasteiger partial charge in [-0.1, -0.05) is 17.7 Å². The lowest BCUT2D eigenvalue weighted by Gasteiger charge is -2.14. The Hall–Kier alpha value is -1.59. The molecule has 1 saturated heterocycles. The lowest BCUT2D eigenvalue weighted by atomic mass is 10.1. The van der Waals surface area contributed by atoms with E-state index < -0.39 is 0 Å². The van der Waals surface area contributed by atoms with Crippen molar-refractivity contribution in [3.63, 3.8) is 0 Å². The number of carbonyl (C=O) groups excluding carboxylic acids is 2. The van der Waals surface area contributed by atoms with Gasteiger partial charge in [-0.3, -0.25) is 9.59 Å². The highest BCUT2D eigenvalue weighted by Gasteiger charge is 2.18. The fourth-order valence-electron chi connectivity index (χ4n) is 2.97. The molecular formula is C17H26ClN3O2. The van der Waals surface area contributed by atoms with Gasteiger partial charge in [0.15, 0.2) is 0 Å². The van der Waals surface area contributed by atoms with Crippen LogP contribution in [0.4, 0.5) is 5.69 Å². The Morgan fingerprint density at radius 1 is 1.17 bits per heavy atom. The standard InChI is InChI=1S/C17H25N3O2.ClH/c1-11-7-12(2)17(13(3)8-11)20-16(22)10-19-15(21)9-14-5-4-6-18-14;/h7-8,14,18H,4-6,9-10H2,1-3H3,(H,19,21)(H,20,22);1H. The zero-order chi connectivity index (χ0) is 16.1. The van der Waals surface area contributed by atoms with Crippen molar-refractivity contribution in [3.05, 3.63) is 28.8 Å². The van der Waals surface area contributed by atoms with E-state index in [-0.39, 0.29) is 36.8 Å². The van der Waals surface area contributed by atoms with Crippen molar-refractivity contribution in [2.75, 3.05) is 18.4 Å². The quantitative estimate of drug-likeness (QED) is 0.770. The highest BCUT2D eigenvalue weighted by atomic mass is 35.5. The first kappa shape index (κ1) is 19.5. The van der Waals surface area contributed by atoms with E-state index in [4.69, 9.17) is 0 Å². The van der Waals surface area contributed by atoms with Crippen LogP contribution in [0.3, 0.4) is 0 Å². The molecule has 128 valence electrons. The van der Waals surface area contributed by atoms with Crippen LogP contribution >= 0.6 is 12.4 Å². The predicted octanol–water partition coefficient (Wildman–Crippen LogP) is 2.23. The van der Waals surface area contributed by atoms with Gasteiger partial charge in [0, 0.05) is 18.2 Å². The van der Waals surface area contributed by atoms with Gasteiger partial charge in [0.05, 0.1) is 6.54 Å². The molecule has 1 aromatic rings. The molecule has 0 saturated carbocycles. The lowest BCUT2D eigenvalue weighted by Crippen LogP contribution is -2.36. The Morgan fingerprint density at radius 3 is 2.39 bits per heavy atom. The Kier molecular flexibility index (Phi) is 7.52. The molecule has 1 heterocycles. The van der Waals surface area contributed by atoms with Gasteiger partial charge in [0.25, 0.3) is 0 Å². The molecule has 1 aliphatic rings. The van der Waals surface area contributed by atoms with Crippen LogP contribution in [0, 0.1) is 20.8 Å². The number of anilines is 1. The van der Waals surface area contributed by atoms with Gasteiger partial charge in [-0.15, -0.1) is 12.4 Å². The first-order chi connectivity index (χ1) is 10.5. The molecule has 1 atom stereocenters. The summed E-state index contributed by atoms with van der Waals surface area (Å²) in [5.41, 5.74) is 4.08. The molecule has 0 aromatic heterocycles. The molecule has 1 aromatic carbocycles. The van der Waals surface area contributed by atoms with E-state index in [1.807, 2.05) is 32.9 Å². The molecule has 6 heteroatoms. The van der Waals surface area contributed by atoms with Crippen molar-refractivity contribution in [3.8, 4) is 0 Å². The molecule has 2 amide bonds. The average molecular weight is 340 g/mol. The van der Waals surface area contributed by atoms with Crippen molar-refractivity contribution in [1.29, 1.82) is 0 Å². The Bertz CT molecular complexity index is 546. The Balaban J connectivity index is 0.00000264. The van der Waals surface area contributed by atoms with Crippen molar-refractivity contribution in [2.45, 2.75) is 46.1 Å². The number of nitrogens with one attached hydrogen (secondary N) is 3. The number of amides is 2. The van der Waals surface area contributed by atoms with Gasteiger partial charge < -0.3 is 16.0 Å². The molecule has 0 bridgehead atoms. The number of benzene rings is 1. The second-order valence-electron chi connectivity index (χ2n) is 6.10. The Morgan fingerprint density at radius 2 is 1.83 bits per heavy atom. The topological polar surface area (TPSA) is 70.2 Å². The van der Waals surface area contributed by atoms with Crippen LogP contribution < -0.4 is 16.0 Å². The Labute approximate surface area is 144 Å². The maximum atomic E-state index is 12.0. The molecule has 0 spiro atoms. The maximum Gasteiger partial charge on any atom is 0.243 e. The summed E-state index contributed by atoms with van der Waals surface area (Å²) in [7, 11) is 0. The third-order valence-corrected chi connectivity index (χ3v) is 3.98. The van der Waals surface area contributed by atoms with Crippen LogP contribution in [-0.4, -0.2) is 30.9 Å². The van der Waals surface area contributed by atoms with Gasteiger partial charge in [-0.2, -0.15) is 0 Å². The van der Waals surface area contributed by atoms with E-state index in [0.717, 1.165) is 36.2 Å². The van der Waals surface area contributed by atoms with Gasteiger partial charge in [-0.25, -0.2) is 0 Å². The molecule has 0 aliphatic carbocycles. The molecule has 23 heavy (non-hydrogen) atoms. The van der Waals surface area contributed by atoms with Crippen molar-refractivity contribution in [1.82, 2.24) is 10.6 Å². The number of hydrogen-bond acceptors (Lipinski definition) is 3. The number of halogens is 1. The second kappa shape index (κ2) is 8.89. The number of carbonyl (C=O) groups is 2. The minimum atomic E-state index is -0.192. The lowest BCUT2D eigenvalue weighted by molar-refractivity contribution is -0.124. The van der Waals surface area contributed by atoms with Crippen LogP contribution in [0.25, 0.3) is 0 Å². The summed E-state index contributed by atoms with van der Waals surface area (Å²) >= 11 is 0. The summed E-state index contributed by atoms with van der Waals surface area (Å²) in [5, 5.41) is 8.85. The molecule has 1 unspecified atom stereocenters. The fourth-order valence-corrected chi connectivity index (χ4v) is 2.97. The summed E-state index contributed by atoms with van der Waals surface area (Å²) in [4.78, 5) is 23.8. The van der Waals surface area contributed by atoms with E-state index in [1.165, 1.54) is 5.56 Å². The zero-order valence-electron chi connectivity index (χ0n) is 14.0. The molecule has 3 N–H and O–H groups in total. The molecule has 5 nitrogen and oxygen atoms in total. The van der Waals surface area contributed by atoms with E-state index in [9.17, 15) is 9.59 Å². The smallest absolute Gasteiger partial charge is 0.243 e. The van der Waals surface area contributed by atoms with E-state index in [1.54, 1.807) is 0 Å². The molecular weight excluding hydrogens is 314 g/mol. The minimum absolute atomic E-state index is 0. The van der Waals surface area contributed by atoms with Crippen LogP contribution in [0.5, 0.6) is 0 Å². The number of aryl methyl sites for hydroxylation is 3. The van der Waals surface area contributed by atoms with E-state index >= 15 is 0 Å². The normalized spacial score (nSPS) is 16.6. The maximum absolute atomic E-state index is 12.0. The van der Waals surface area contributed by atoms with Crippen molar-refractivity contribution in [2.24, 2.45) is 0 Å². The van der Waals surface area contributed by atoms with Crippen LogP contribution in [0.1, 0.15) is 36.0 Å². The minimum Gasteiger partial charge on any atom is -0.347 e. The van der Waals surface area contributed by atoms with Gasteiger partial charge in [0.1, 0.15) is 0 Å². The van der Waals surface area contributed by atoms with Gasteiger partial charge in [0.2, 0.25) is 11.8 Å². The first-order valence-corrected chi connectivity index (χ1v) is 7.83. The van der Waals surface area contributed by atoms with Crippen LogP contribution in [-0.2, 0) is 9.59 Å². The van der Waals surface area contributed by atoms with E-state index in [0.29, 0.717) is 6.42 Å². The SMILES string of the molecule is Cc1cc(C)c(NC(=O)CNC(=O)CC2CCCN2)c(C)c1.Cl. The molecule has 1 fully saturated rings. The van der Waals surface area contributed by atoms with E-state index in [2.05, 4.69) is 16.0 Å². The highest BCUT2D eigenvalue weighted by Crippen LogP contribution is 2.21. The molecule has 2 rings (SSSR count). The summed E-state index contributed by atoms with van der Waals surface area (Å²) < 4.78 is 0. The third-order valence-electron chi connectivity index (χ3n) is 3.98. The van der Waals surface area contributed by atoms with Gasteiger partial charge >= 0.3 is 0 Å². The van der Waals surface area contributed by atoms with Crippen molar-refractivity contribution < 1.29 is 9.59 Å². The van der Waals surface area contributed by atoms with Crippen molar-refractivity contribution >= 4 is 29.9 Å². The first-order valence-electron chi connectivity index (χ1n) is 7.83. The monoisotopic (exact) mass is 339 g/mol. The second-order valence-corrected chi connectivity index (χ2v) is 6.10. The van der Waals surface area contributed by atoms with Crippen LogP contribution in [0.2, 0.25) is 0 Å². The average Bonchev–Trinajstić information content (AvgIpc) is 2.93. The summed E-state index contributed by atoms with van der Waals surface area (Å²) in [6, 6.07) is 4.32. The summed E-state index contributed by atoms with van der Waals surface area (Å²) in [5.74, 6) is -0.269. The van der Waals surface area contributed by atoms with Gasteiger partial charge in [-0.05, 0) is 51.3 Å². The molecule has 0 radical (unpaired) electrons. The van der Waals surface area contributed by atoms with Crippen LogP contribution in [0.15, 0.2) is 12.1 Å². The molecule has 1 aliphatic heterocycles. The number of hydrogen-bond donors (Lipinski definition) is 3. The zero-order valence-corrected chi connectivity index (χ0v) is 14.8. The fraction of sp³-hybridized carbons (Fsp3) is 0.529. The summed E-state index contributed by atoms with van der Waals surface area (Å²) in [6.45, 7) is 6.96. The highest BCUT2D eigenvalue weighted by molar-refractivity contribution is 5.95. The third kappa shape index (κ3) is 5.84. The number of rotatable bonds is 5.